The number of nitro benzene ring substituents is 1. The molecule has 1 aromatic carbocycles. The molecule has 1 atom stereocenters. The van der Waals surface area contributed by atoms with Crippen molar-refractivity contribution < 1.29 is 14.8 Å². The second kappa shape index (κ2) is 5.64. The molecule has 6 nitrogen and oxygen atoms in total. The molecule has 1 fully saturated rings. The number of ether oxygens (including phenoxy) is 1. The molecule has 7 heteroatoms. The minimum absolute atomic E-state index is 0.0583. The Morgan fingerprint density at radius 3 is 3.06 bits per heavy atom. The summed E-state index contributed by atoms with van der Waals surface area (Å²) in [5.74, 6) is 0. The zero-order valence-electron chi connectivity index (χ0n) is 9.58. The fourth-order valence-corrected chi connectivity index (χ4v) is 2.31. The predicted octanol–water partition coefficient (Wildman–Crippen LogP) is 1.55. The van der Waals surface area contributed by atoms with E-state index in [9.17, 15) is 10.1 Å². The van der Waals surface area contributed by atoms with Crippen LogP contribution in [0.15, 0.2) is 22.7 Å². The first-order chi connectivity index (χ1) is 8.61. The van der Waals surface area contributed by atoms with Gasteiger partial charge in [-0.2, -0.15) is 0 Å². The van der Waals surface area contributed by atoms with Crippen LogP contribution < -0.4 is 4.90 Å². The van der Waals surface area contributed by atoms with E-state index in [0.717, 1.165) is 0 Å². The molecule has 0 spiro atoms. The first-order valence-corrected chi connectivity index (χ1v) is 6.32. The van der Waals surface area contributed by atoms with Gasteiger partial charge in [0.1, 0.15) is 5.69 Å². The van der Waals surface area contributed by atoms with Gasteiger partial charge in [-0.25, -0.2) is 0 Å². The normalized spacial score (nSPS) is 19.9. The van der Waals surface area contributed by atoms with E-state index in [0.29, 0.717) is 29.9 Å². The van der Waals surface area contributed by atoms with Crippen LogP contribution in [0.2, 0.25) is 0 Å². The topological polar surface area (TPSA) is 75.8 Å². The van der Waals surface area contributed by atoms with Gasteiger partial charge in [-0.3, -0.25) is 10.1 Å². The molecule has 2 rings (SSSR count). The Morgan fingerprint density at radius 1 is 1.61 bits per heavy atom. The molecule has 1 aliphatic rings. The molecule has 1 saturated heterocycles. The second-order valence-corrected chi connectivity index (χ2v) is 4.93. The summed E-state index contributed by atoms with van der Waals surface area (Å²) in [6.07, 6.45) is -0.290. The number of nitro groups is 1. The molecule has 1 N–H and O–H groups in total. The molecular weight excluding hydrogens is 304 g/mol. The monoisotopic (exact) mass is 316 g/mol. The minimum Gasteiger partial charge on any atom is -0.394 e. The molecule has 98 valence electrons. The van der Waals surface area contributed by atoms with Gasteiger partial charge in [-0.15, -0.1) is 0 Å². The summed E-state index contributed by atoms with van der Waals surface area (Å²) in [5.41, 5.74) is 0.618. The maximum absolute atomic E-state index is 11.0. The van der Waals surface area contributed by atoms with E-state index in [2.05, 4.69) is 15.9 Å². The standard InChI is InChI=1S/C11H13BrN2O4/c12-8-1-2-10(11(5-8)14(16)17)13-3-4-18-9(6-13)7-15/h1-2,5,9,15H,3-4,6-7H2. The molecule has 18 heavy (non-hydrogen) atoms. The lowest BCUT2D eigenvalue weighted by molar-refractivity contribution is -0.384. The fraction of sp³-hybridized carbons (Fsp3) is 0.455. The van der Waals surface area contributed by atoms with Gasteiger partial charge in [-0.05, 0) is 12.1 Å². The molecule has 1 aromatic rings. The van der Waals surface area contributed by atoms with Crippen LogP contribution in [0.3, 0.4) is 0 Å². The van der Waals surface area contributed by atoms with Crippen molar-refractivity contribution in [2.75, 3.05) is 31.2 Å². The Bertz CT molecular complexity index is 455. The van der Waals surface area contributed by atoms with E-state index >= 15 is 0 Å². The third kappa shape index (κ3) is 2.80. The first-order valence-electron chi connectivity index (χ1n) is 5.53. The Kier molecular flexibility index (Phi) is 4.15. The number of nitrogens with zero attached hydrogens (tertiary/aromatic N) is 2. The SMILES string of the molecule is O=[N+]([O-])c1cc(Br)ccc1N1CCOC(CO)C1. The van der Waals surface area contributed by atoms with Crippen molar-refractivity contribution in [2.45, 2.75) is 6.10 Å². The summed E-state index contributed by atoms with van der Waals surface area (Å²) < 4.78 is 6.00. The number of anilines is 1. The zero-order chi connectivity index (χ0) is 13.1. The van der Waals surface area contributed by atoms with Crippen LogP contribution in [-0.4, -0.2) is 42.4 Å². The number of aliphatic hydroxyl groups is 1. The maximum Gasteiger partial charge on any atom is 0.293 e. The van der Waals surface area contributed by atoms with Crippen LogP contribution in [0, 0.1) is 10.1 Å². The highest BCUT2D eigenvalue weighted by atomic mass is 79.9. The number of halogens is 1. The van der Waals surface area contributed by atoms with E-state index in [-0.39, 0.29) is 18.4 Å². The molecule has 0 radical (unpaired) electrons. The molecule has 1 aliphatic heterocycles. The minimum atomic E-state index is -0.399. The number of morpholine rings is 1. The molecule has 0 aliphatic carbocycles. The van der Waals surface area contributed by atoms with Crippen molar-refractivity contribution in [3.8, 4) is 0 Å². The third-order valence-corrected chi connectivity index (χ3v) is 3.31. The van der Waals surface area contributed by atoms with E-state index in [4.69, 9.17) is 9.84 Å². The van der Waals surface area contributed by atoms with Gasteiger partial charge in [0, 0.05) is 23.6 Å². The molecular formula is C11H13BrN2O4. The van der Waals surface area contributed by atoms with Crippen LogP contribution in [0.1, 0.15) is 0 Å². The van der Waals surface area contributed by atoms with Gasteiger partial charge >= 0.3 is 0 Å². The van der Waals surface area contributed by atoms with Crippen LogP contribution >= 0.6 is 15.9 Å². The van der Waals surface area contributed by atoms with E-state index in [1.807, 2.05) is 4.90 Å². The highest BCUT2D eigenvalue weighted by Crippen LogP contribution is 2.32. The summed E-state index contributed by atoms with van der Waals surface area (Å²) in [7, 11) is 0. The van der Waals surface area contributed by atoms with Gasteiger partial charge in [0.25, 0.3) is 5.69 Å². The highest BCUT2D eigenvalue weighted by Gasteiger charge is 2.25. The summed E-state index contributed by atoms with van der Waals surface area (Å²) in [6.45, 7) is 1.41. The molecule has 1 heterocycles. The quantitative estimate of drug-likeness (QED) is 0.676. The molecule has 0 amide bonds. The number of benzene rings is 1. The average molecular weight is 317 g/mol. The lowest BCUT2D eigenvalue weighted by atomic mass is 10.2. The van der Waals surface area contributed by atoms with Crippen molar-refractivity contribution in [1.29, 1.82) is 0 Å². The van der Waals surface area contributed by atoms with Crippen LogP contribution in [0.4, 0.5) is 11.4 Å². The Hall–Kier alpha value is -1.18. The largest absolute Gasteiger partial charge is 0.394 e. The first kappa shape index (κ1) is 13.3. The lowest BCUT2D eigenvalue weighted by Crippen LogP contribution is -2.44. The number of aliphatic hydroxyl groups excluding tert-OH is 1. The molecule has 1 unspecified atom stereocenters. The van der Waals surface area contributed by atoms with Gasteiger partial charge < -0.3 is 14.7 Å². The van der Waals surface area contributed by atoms with Gasteiger partial charge in [0.05, 0.1) is 24.2 Å². The van der Waals surface area contributed by atoms with Gasteiger partial charge in [0.2, 0.25) is 0 Å². The Labute approximate surface area is 112 Å². The van der Waals surface area contributed by atoms with Crippen molar-refractivity contribution in [3.05, 3.63) is 32.8 Å². The zero-order valence-corrected chi connectivity index (χ0v) is 11.2. The van der Waals surface area contributed by atoms with Crippen molar-refractivity contribution in [3.63, 3.8) is 0 Å². The molecule has 0 bridgehead atoms. The fourth-order valence-electron chi connectivity index (χ4n) is 1.96. The summed E-state index contributed by atoms with van der Waals surface area (Å²) >= 11 is 3.23. The smallest absolute Gasteiger partial charge is 0.293 e. The van der Waals surface area contributed by atoms with Gasteiger partial charge in [-0.1, -0.05) is 15.9 Å². The average Bonchev–Trinajstić information content (AvgIpc) is 2.38. The Morgan fingerprint density at radius 2 is 2.39 bits per heavy atom. The summed E-state index contributed by atoms with van der Waals surface area (Å²) in [6, 6.07) is 4.96. The van der Waals surface area contributed by atoms with Gasteiger partial charge in [0.15, 0.2) is 0 Å². The van der Waals surface area contributed by atoms with E-state index < -0.39 is 4.92 Å². The number of rotatable bonds is 3. The van der Waals surface area contributed by atoms with Crippen LogP contribution in [0.5, 0.6) is 0 Å². The Balaban J connectivity index is 2.29. The maximum atomic E-state index is 11.0. The third-order valence-electron chi connectivity index (χ3n) is 2.82. The number of hydrogen-bond donors (Lipinski definition) is 1. The number of hydrogen-bond acceptors (Lipinski definition) is 5. The van der Waals surface area contributed by atoms with Crippen molar-refractivity contribution in [2.24, 2.45) is 0 Å². The molecule has 0 aromatic heterocycles. The van der Waals surface area contributed by atoms with Crippen molar-refractivity contribution in [1.82, 2.24) is 0 Å². The second-order valence-electron chi connectivity index (χ2n) is 4.01. The van der Waals surface area contributed by atoms with Crippen LogP contribution in [0.25, 0.3) is 0 Å². The summed E-state index contributed by atoms with van der Waals surface area (Å²) in [4.78, 5) is 12.5. The summed E-state index contributed by atoms with van der Waals surface area (Å²) in [5, 5.41) is 20.1. The van der Waals surface area contributed by atoms with E-state index in [1.165, 1.54) is 6.07 Å². The van der Waals surface area contributed by atoms with Crippen LogP contribution in [-0.2, 0) is 4.74 Å². The lowest BCUT2D eigenvalue weighted by Gasteiger charge is -2.33. The highest BCUT2D eigenvalue weighted by molar-refractivity contribution is 9.10. The molecule has 0 saturated carbocycles. The van der Waals surface area contributed by atoms with E-state index in [1.54, 1.807) is 12.1 Å². The predicted molar refractivity (Wildman–Crippen MR) is 69.8 cm³/mol. The van der Waals surface area contributed by atoms with Crippen molar-refractivity contribution >= 4 is 27.3 Å².